The van der Waals surface area contributed by atoms with Crippen molar-refractivity contribution in [2.45, 2.75) is 104 Å². The van der Waals surface area contributed by atoms with E-state index in [1.807, 2.05) is 13.8 Å². The van der Waals surface area contributed by atoms with Gasteiger partial charge in [0.25, 0.3) is 5.91 Å². The lowest BCUT2D eigenvalue weighted by Gasteiger charge is -2.35. The summed E-state index contributed by atoms with van der Waals surface area (Å²) in [4.78, 5) is 43.8. The van der Waals surface area contributed by atoms with Gasteiger partial charge < -0.3 is 39.5 Å². The number of ether oxygens (including phenoxy) is 2. The molecule has 1 fully saturated rings. The number of aliphatic hydroxyl groups excluding tert-OH is 1. The van der Waals surface area contributed by atoms with Crippen LogP contribution in [0, 0.1) is 25.7 Å². The Labute approximate surface area is 278 Å². The van der Waals surface area contributed by atoms with Crippen LogP contribution in [0.4, 0.5) is 16.2 Å². The largest absolute Gasteiger partial charge is 0.490 e. The molecule has 0 radical (unpaired) electrons. The van der Waals surface area contributed by atoms with Crippen LogP contribution in [-0.4, -0.2) is 89.5 Å². The van der Waals surface area contributed by atoms with Gasteiger partial charge in [-0.1, -0.05) is 31.3 Å². The molecule has 0 saturated heterocycles. The number of aliphatic hydroxyl groups is 1. The molecule has 4 amide bonds. The number of hydrogen-bond acceptors (Lipinski definition) is 8. The molecule has 47 heavy (non-hydrogen) atoms. The minimum absolute atomic E-state index is 0.0241. The van der Waals surface area contributed by atoms with Crippen LogP contribution in [0.3, 0.4) is 0 Å². The molecule has 4 atom stereocenters. The molecular formula is C35H53N5O7. The van der Waals surface area contributed by atoms with Crippen molar-refractivity contribution in [2.75, 3.05) is 44.0 Å². The summed E-state index contributed by atoms with van der Waals surface area (Å²) in [5.41, 5.74) is 2.01. The van der Waals surface area contributed by atoms with Gasteiger partial charge in [0.1, 0.15) is 17.1 Å². The molecule has 1 aliphatic carbocycles. The van der Waals surface area contributed by atoms with E-state index in [4.69, 9.17) is 14.0 Å². The van der Waals surface area contributed by atoms with E-state index < -0.39 is 12.1 Å². The predicted octanol–water partition coefficient (Wildman–Crippen LogP) is 5.77. The predicted molar refractivity (Wildman–Crippen MR) is 180 cm³/mol. The molecular weight excluding hydrogens is 602 g/mol. The quantitative estimate of drug-likeness (QED) is 0.341. The average molecular weight is 656 g/mol. The number of likely N-dealkylation sites (N-methyl/N-ethyl adjacent to an activating group) is 1. The number of rotatable bonds is 7. The summed E-state index contributed by atoms with van der Waals surface area (Å²) in [6.07, 6.45) is 6.86. The zero-order valence-corrected chi connectivity index (χ0v) is 28.8. The summed E-state index contributed by atoms with van der Waals surface area (Å²) < 4.78 is 17.9. The first-order chi connectivity index (χ1) is 22.5. The molecule has 1 aliphatic heterocycles. The van der Waals surface area contributed by atoms with Crippen molar-refractivity contribution in [3.8, 4) is 5.75 Å². The second kappa shape index (κ2) is 17.0. The van der Waals surface area contributed by atoms with Crippen molar-refractivity contribution in [2.24, 2.45) is 11.8 Å². The number of urea groups is 1. The lowest BCUT2D eigenvalue weighted by molar-refractivity contribution is -0.120. The molecule has 0 bridgehead atoms. The SMILES string of the molecule is Cc1noc(C)c1NC(=O)N(C)C[C@H]1OCCCC[C@@H](C)Oc2ccc(NC(=O)C3CCCCC3)cc2C(=O)N([C@H](C)CO)C[C@H]1C. The van der Waals surface area contributed by atoms with Gasteiger partial charge in [0.15, 0.2) is 5.76 Å². The smallest absolute Gasteiger partial charge is 0.321 e. The highest BCUT2D eigenvalue weighted by molar-refractivity contribution is 6.00. The van der Waals surface area contributed by atoms with E-state index in [0.717, 1.165) is 51.4 Å². The second-order valence-corrected chi connectivity index (χ2v) is 13.3. The number of hydrogen-bond donors (Lipinski definition) is 3. The van der Waals surface area contributed by atoms with Gasteiger partial charge in [-0.15, -0.1) is 0 Å². The fraction of sp³-hybridized carbons (Fsp3) is 0.657. The first-order valence-electron chi connectivity index (χ1n) is 17.1. The van der Waals surface area contributed by atoms with Gasteiger partial charge in [-0.3, -0.25) is 9.59 Å². The molecule has 2 aliphatic rings. The van der Waals surface area contributed by atoms with E-state index in [-0.39, 0.29) is 55.5 Å². The first kappa shape index (κ1) is 36.2. The van der Waals surface area contributed by atoms with Gasteiger partial charge in [0.2, 0.25) is 5.91 Å². The van der Waals surface area contributed by atoms with Crippen molar-refractivity contribution in [3.05, 3.63) is 35.2 Å². The van der Waals surface area contributed by atoms with Crippen LogP contribution in [0.5, 0.6) is 5.75 Å². The van der Waals surface area contributed by atoms with Crippen LogP contribution >= 0.6 is 0 Å². The molecule has 2 heterocycles. The fourth-order valence-electron chi connectivity index (χ4n) is 6.29. The molecule has 4 rings (SSSR count). The number of carbonyl (C=O) groups is 3. The Balaban J connectivity index is 1.58. The first-order valence-corrected chi connectivity index (χ1v) is 17.1. The van der Waals surface area contributed by atoms with Gasteiger partial charge >= 0.3 is 6.03 Å². The molecule has 0 spiro atoms. The number of anilines is 2. The monoisotopic (exact) mass is 655 g/mol. The number of carbonyl (C=O) groups excluding carboxylic acids is 3. The highest BCUT2D eigenvalue weighted by atomic mass is 16.5. The Morgan fingerprint density at radius 3 is 2.49 bits per heavy atom. The van der Waals surface area contributed by atoms with Crippen LogP contribution in [0.15, 0.2) is 22.7 Å². The molecule has 2 aromatic rings. The maximum absolute atomic E-state index is 14.4. The zero-order valence-electron chi connectivity index (χ0n) is 28.8. The summed E-state index contributed by atoms with van der Waals surface area (Å²) in [6.45, 7) is 10.1. The van der Waals surface area contributed by atoms with Crippen molar-refractivity contribution in [1.82, 2.24) is 15.0 Å². The Kier molecular flexibility index (Phi) is 13.1. The number of aryl methyl sites for hydroxylation is 2. The Morgan fingerprint density at radius 1 is 1.09 bits per heavy atom. The van der Waals surface area contributed by atoms with Crippen molar-refractivity contribution in [3.63, 3.8) is 0 Å². The number of amides is 4. The van der Waals surface area contributed by atoms with E-state index in [9.17, 15) is 19.5 Å². The highest BCUT2D eigenvalue weighted by Crippen LogP contribution is 2.30. The minimum atomic E-state index is -0.509. The van der Waals surface area contributed by atoms with E-state index in [2.05, 4.69) is 15.8 Å². The molecule has 1 saturated carbocycles. The molecule has 260 valence electrons. The van der Waals surface area contributed by atoms with E-state index in [1.54, 1.807) is 55.8 Å². The van der Waals surface area contributed by atoms with Gasteiger partial charge in [0.05, 0.1) is 30.4 Å². The molecule has 0 unspecified atom stereocenters. The van der Waals surface area contributed by atoms with Gasteiger partial charge in [-0.25, -0.2) is 4.79 Å². The van der Waals surface area contributed by atoms with E-state index in [0.29, 0.717) is 40.7 Å². The summed E-state index contributed by atoms with van der Waals surface area (Å²) in [5.74, 6) is 0.398. The maximum Gasteiger partial charge on any atom is 0.321 e. The zero-order chi connectivity index (χ0) is 34.1. The summed E-state index contributed by atoms with van der Waals surface area (Å²) in [5, 5.41) is 20.1. The highest BCUT2D eigenvalue weighted by Gasteiger charge is 2.31. The van der Waals surface area contributed by atoms with Gasteiger partial charge in [0, 0.05) is 44.3 Å². The lowest BCUT2D eigenvalue weighted by atomic mass is 9.88. The maximum atomic E-state index is 14.4. The average Bonchev–Trinajstić information content (AvgIpc) is 3.38. The number of aromatic nitrogens is 1. The van der Waals surface area contributed by atoms with Gasteiger partial charge in [-0.2, -0.15) is 0 Å². The number of nitrogens with one attached hydrogen (secondary N) is 2. The summed E-state index contributed by atoms with van der Waals surface area (Å²) in [7, 11) is 1.70. The second-order valence-electron chi connectivity index (χ2n) is 13.3. The standard InChI is InChI=1S/C35H53N5O7/c1-22-19-40(23(2)21-41)34(43)29-18-28(36-33(42)27-13-8-7-9-14-27)15-16-30(29)46-24(3)12-10-11-17-45-31(22)20-39(6)35(44)37-32-25(4)38-47-26(32)5/h15-16,18,22-24,27,31,41H,7-14,17,19-21H2,1-6H3,(H,36,42)(H,37,44)/t22-,23-,24-,31-/m1/s1. The molecule has 1 aromatic carbocycles. The third-order valence-electron chi connectivity index (χ3n) is 9.36. The third kappa shape index (κ3) is 9.70. The molecule has 1 aromatic heterocycles. The molecule has 12 heteroatoms. The van der Waals surface area contributed by atoms with E-state index >= 15 is 0 Å². The van der Waals surface area contributed by atoms with E-state index in [1.165, 1.54) is 0 Å². The normalized spacial score (nSPS) is 22.4. The number of nitrogens with zero attached hydrogens (tertiary/aromatic N) is 3. The van der Waals surface area contributed by atoms with Crippen LogP contribution in [-0.2, 0) is 9.53 Å². The van der Waals surface area contributed by atoms with Gasteiger partial charge in [-0.05, 0) is 78.0 Å². The van der Waals surface area contributed by atoms with Crippen molar-refractivity contribution in [1.29, 1.82) is 0 Å². The number of benzene rings is 1. The van der Waals surface area contributed by atoms with Crippen molar-refractivity contribution >= 4 is 29.2 Å². The fourth-order valence-corrected chi connectivity index (χ4v) is 6.29. The Morgan fingerprint density at radius 2 is 1.81 bits per heavy atom. The number of fused-ring (bicyclic) bond motifs is 1. The van der Waals surface area contributed by atoms with Crippen LogP contribution in [0.1, 0.15) is 93.9 Å². The minimum Gasteiger partial charge on any atom is -0.490 e. The van der Waals surface area contributed by atoms with Crippen molar-refractivity contribution < 1.29 is 33.5 Å². The molecule has 12 nitrogen and oxygen atoms in total. The van der Waals surface area contributed by atoms with Crippen LogP contribution < -0.4 is 15.4 Å². The summed E-state index contributed by atoms with van der Waals surface area (Å²) >= 11 is 0. The Bertz CT molecular complexity index is 1340. The third-order valence-corrected chi connectivity index (χ3v) is 9.36. The molecule has 3 N–H and O–H groups in total. The topological polar surface area (TPSA) is 146 Å². The lowest BCUT2D eigenvalue weighted by Crippen LogP contribution is -2.48. The van der Waals surface area contributed by atoms with Crippen LogP contribution in [0.2, 0.25) is 0 Å². The summed E-state index contributed by atoms with van der Waals surface area (Å²) in [6, 6.07) is 4.41. The van der Waals surface area contributed by atoms with Crippen LogP contribution in [0.25, 0.3) is 0 Å². The Hall–Kier alpha value is -3.64.